The summed E-state index contributed by atoms with van der Waals surface area (Å²) in [5.41, 5.74) is 0. The quantitative estimate of drug-likeness (QED) is 0.0731. The van der Waals surface area contributed by atoms with Gasteiger partial charge < -0.3 is 10.2 Å². The maximum Gasteiger partial charge on any atom is 0.306 e. The molecule has 0 amide bonds. The van der Waals surface area contributed by atoms with Gasteiger partial charge in [0.25, 0.3) is 0 Å². The summed E-state index contributed by atoms with van der Waals surface area (Å²) < 4.78 is 0. The number of carboxylic acids is 2. The number of aliphatic carboxylic acids is 2. The summed E-state index contributed by atoms with van der Waals surface area (Å²) in [6, 6.07) is 0. The molecular weight excluding hydrogens is 508 g/mol. The summed E-state index contributed by atoms with van der Waals surface area (Å²) in [4.78, 5) is 22.2. The van der Waals surface area contributed by atoms with E-state index in [4.69, 9.17) is 5.11 Å². The molecule has 0 rings (SSSR count). The van der Waals surface area contributed by atoms with E-state index in [-0.39, 0.29) is 5.92 Å². The van der Waals surface area contributed by atoms with Crippen LogP contribution in [0.15, 0.2) is 0 Å². The van der Waals surface area contributed by atoms with Crippen LogP contribution in [0.2, 0.25) is 0 Å². The molecule has 0 saturated heterocycles. The minimum atomic E-state index is -0.677. The van der Waals surface area contributed by atoms with Crippen LogP contribution in [0.25, 0.3) is 0 Å². The summed E-state index contributed by atoms with van der Waals surface area (Å²) in [6.45, 7) is 2.29. The molecule has 0 aromatic rings. The molecule has 2 N–H and O–H groups in total. The molecule has 1 atom stereocenters. The second-order valence-corrected chi connectivity index (χ2v) is 13.0. The first kappa shape index (κ1) is 39.9. The van der Waals surface area contributed by atoms with Crippen LogP contribution in [0, 0.1) is 5.92 Å². The van der Waals surface area contributed by atoms with Crippen molar-refractivity contribution in [2.75, 3.05) is 0 Å². The third-order valence-electron chi connectivity index (χ3n) is 8.95. The van der Waals surface area contributed by atoms with Crippen LogP contribution in [-0.4, -0.2) is 22.2 Å². The van der Waals surface area contributed by atoms with E-state index in [1.165, 1.54) is 161 Å². The van der Waals surface area contributed by atoms with Gasteiger partial charge in [-0.1, -0.05) is 193 Å². The highest BCUT2D eigenvalue weighted by molar-refractivity contribution is 5.69. The number of rotatable bonds is 35. The molecule has 4 heteroatoms. The van der Waals surface area contributed by atoms with E-state index in [0.717, 1.165) is 44.9 Å². The summed E-state index contributed by atoms with van der Waals surface area (Å²) >= 11 is 0. The number of carbonyl (C=O) groups is 2. The molecule has 244 valence electrons. The smallest absolute Gasteiger partial charge is 0.306 e. The molecule has 0 aliphatic rings. The van der Waals surface area contributed by atoms with Gasteiger partial charge in [-0.15, -0.1) is 0 Å². The maximum atomic E-state index is 11.7. The van der Waals surface area contributed by atoms with Crippen molar-refractivity contribution in [3.8, 4) is 0 Å². The molecule has 0 fully saturated rings. The fourth-order valence-electron chi connectivity index (χ4n) is 6.12. The third kappa shape index (κ3) is 33.3. The van der Waals surface area contributed by atoms with Gasteiger partial charge in [0.05, 0.1) is 5.92 Å². The SMILES string of the molecule is CCCCCCCCCCCCCCCCCCCCC(CCCCCCCCCCCCCCC(=O)O)C(=O)O. The number of hydrogen-bond acceptors (Lipinski definition) is 2. The largest absolute Gasteiger partial charge is 0.481 e. The van der Waals surface area contributed by atoms with Gasteiger partial charge in [-0.05, 0) is 19.3 Å². The molecule has 0 saturated carbocycles. The van der Waals surface area contributed by atoms with Crippen molar-refractivity contribution in [3.05, 3.63) is 0 Å². The highest BCUT2D eigenvalue weighted by atomic mass is 16.4. The van der Waals surface area contributed by atoms with Crippen molar-refractivity contribution in [2.45, 2.75) is 219 Å². The Bertz CT molecular complexity index is 547. The molecule has 0 heterocycles. The molecule has 0 aliphatic carbocycles. The van der Waals surface area contributed by atoms with Gasteiger partial charge in [0, 0.05) is 6.42 Å². The molecule has 0 radical (unpaired) electrons. The minimum Gasteiger partial charge on any atom is -0.481 e. The summed E-state index contributed by atoms with van der Waals surface area (Å²) in [5, 5.41) is 18.2. The van der Waals surface area contributed by atoms with Crippen LogP contribution in [0.5, 0.6) is 0 Å². The average Bonchev–Trinajstić information content (AvgIpc) is 2.95. The highest BCUT2D eigenvalue weighted by Gasteiger charge is 2.16. The van der Waals surface area contributed by atoms with Gasteiger partial charge in [0.1, 0.15) is 0 Å². The van der Waals surface area contributed by atoms with Crippen molar-refractivity contribution in [1.82, 2.24) is 0 Å². The third-order valence-corrected chi connectivity index (χ3v) is 8.95. The fourth-order valence-corrected chi connectivity index (χ4v) is 6.12. The van der Waals surface area contributed by atoms with Crippen LogP contribution < -0.4 is 0 Å². The van der Waals surface area contributed by atoms with Gasteiger partial charge in [0.15, 0.2) is 0 Å². The molecule has 0 aliphatic heterocycles. The topological polar surface area (TPSA) is 74.6 Å². The van der Waals surface area contributed by atoms with Gasteiger partial charge in [-0.2, -0.15) is 0 Å². The van der Waals surface area contributed by atoms with Crippen molar-refractivity contribution in [2.24, 2.45) is 5.92 Å². The summed E-state index contributed by atoms with van der Waals surface area (Å²) in [5.74, 6) is -1.39. The standard InChI is InChI=1S/C37H72O4/c1-2-3-4-5-6-7-8-9-10-11-12-13-14-17-20-23-26-29-32-35(37(40)41)33-30-27-24-21-18-15-16-19-22-25-28-31-34-36(38)39/h35H,2-34H2,1H3,(H,38,39)(H,40,41). The van der Waals surface area contributed by atoms with Crippen LogP contribution in [0.3, 0.4) is 0 Å². The predicted molar refractivity (Wildman–Crippen MR) is 177 cm³/mol. The van der Waals surface area contributed by atoms with Crippen molar-refractivity contribution < 1.29 is 19.8 Å². The lowest BCUT2D eigenvalue weighted by molar-refractivity contribution is -0.142. The first-order valence-electron chi connectivity index (χ1n) is 18.5. The molecule has 0 aromatic heterocycles. The van der Waals surface area contributed by atoms with Crippen LogP contribution in [0.4, 0.5) is 0 Å². The zero-order valence-electron chi connectivity index (χ0n) is 27.6. The van der Waals surface area contributed by atoms with E-state index in [0.29, 0.717) is 6.42 Å². The van der Waals surface area contributed by atoms with E-state index in [2.05, 4.69) is 6.92 Å². The fraction of sp³-hybridized carbons (Fsp3) is 0.946. The molecule has 0 spiro atoms. The minimum absolute atomic E-state index is 0.133. The van der Waals surface area contributed by atoms with Crippen LogP contribution >= 0.6 is 0 Å². The van der Waals surface area contributed by atoms with E-state index < -0.39 is 11.9 Å². The molecule has 41 heavy (non-hydrogen) atoms. The molecule has 1 unspecified atom stereocenters. The zero-order valence-corrected chi connectivity index (χ0v) is 27.6. The number of unbranched alkanes of at least 4 members (excludes halogenated alkanes) is 28. The maximum absolute atomic E-state index is 11.7. The lowest BCUT2D eigenvalue weighted by atomic mass is 9.94. The summed E-state index contributed by atoms with van der Waals surface area (Å²) in [7, 11) is 0. The monoisotopic (exact) mass is 581 g/mol. The number of carboxylic acid groups (broad SMARTS) is 2. The Balaban J connectivity index is 3.38. The van der Waals surface area contributed by atoms with Crippen LogP contribution in [0.1, 0.15) is 219 Å². The average molecular weight is 581 g/mol. The van der Waals surface area contributed by atoms with Crippen molar-refractivity contribution >= 4 is 11.9 Å². The Morgan fingerprint density at radius 3 is 0.878 bits per heavy atom. The van der Waals surface area contributed by atoms with Gasteiger partial charge in [-0.3, -0.25) is 9.59 Å². The van der Waals surface area contributed by atoms with Gasteiger partial charge in [-0.25, -0.2) is 0 Å². The molecule has 4 nitrogen and oxygen atoms in total. The van der Waals surface area contributed by atoms with E-state index in [1.54, 1.807) is 0 Å². The summed E-state index contributed by atoms with van der Waals surface area (Å²) in [6.07, 6.45) is 40.9. The Morgan fingerprint density at radius 1 is 0.390 bits per heavy atom. The second-order valence-electron chi connectivity index (χ2n) is 13.0. The second kappa shape index (κ2) is 33.4. The van der Waals surface area contributed by atoms with Gasteiger partial charge >= 0.3 is 11.9 Å². The zero-order chi connectivity index (χ0) is 30.1. The molecule has 0 bridgehead atoms. The lowest BCUT2D eigenvalue weighted by Gasteiger charge is -2.12. The Kier molecular flexibility index (Phi) is 32.6. The van der Waals surface area contributed by atoms with Crippen LogP contribution in [-0.2, 0) is 9.59 Å². The molecular formula is C37H72O4. The lowest BCUT2D eigenvalue weighted by Crippen LogP contribution is -2.13. The van der Waals surface area contributed by atoms with E-state index in [9.17, 15) is 14.7 Å². The van der Waals surface area contributed by atoms with Gasteiger partial charge in [0.2, 0.25) is 0 Å². The van der Waals surface area contributed by atoms with Crippen molar-refractivity contribution in [3.63, 3.8) is 0 Å². The first-order chi connectivity index (χ1) is 20.1. The normalized spacial score (nSPS) is 12.1. The van der Waals surface area contributed by atoms with E-state index in [1.807, 2.05) is 0 Å². The number of hydrogen-bond donors (Lipinski definition) is 2. The molecule has 0 aromatic carbocycles. The Labute approximate surface area is 256 Å². The Morgan fingerprint density at radius 2 is 0.634 bits per heavy atom. The van der Waals surface area contributed by atoms with E-state index >= 15 is 0 Å². The highest BCUT2D eigenvalue weighted by Crippen LogP contribution is 2.20. The first-order valence-corrected chi connectivity index (χ1v) is 18.5. The van der Waals surface area contributed by atoms with Crippen molar-refractivity contribution in [1.29, 1.82) is 0 Å². The predicted octanol–water partition coefficient (Wildman–Crippen LogP) is 12.7. The Hall–Kier alpha value is -1.06.